The molecule has 292 valence electrons. The van der Waals surface area contributed by atoms with E-state index in [1.807, 2.05) is 18.3 Å². The van der Waals surface area contributed by atoms with Gasteiger partial charge in [0.2, 0.25) is 0 Å². The first-order valence-electron chi connectivity index (χ1n) is 20.5. The molecule has 1 aromatic heterocycles. The van der Waals surface area contributed by atoms with Gasteiger partial charge in [0.15, 0.2) is 0 Å². The maximum atomic E-state index is 10.9. The lowest BCUT2D eigenvalue weighted by molar-refractivity contribution is 0.473. The lowest BCUT2D eigenvalue weighted by Crippen LogP contribution is -2.11. The molecule has 0 aliphatic rings. The summed E-state index contributed by atoms with van der Waals surface area (Å²) in [7, 11) is 0. The van der Waals surface area contributed by atoms with Crippen LogP contribution in [0.5, 0.6) is 5.75 Å². The Morgan fingerprint density at radius 1 is 0.632 bits per heavy atom. The summed E-state index contributed by atoms with van der Waals surface area (Å²) in [5, 5.41) is 14.0. The Balaban J connectivity index is 1.43. The summed E-state index contributed by atoms with van der Waals surface area (Å²) >= 11 is 1.73. The molecular formula is C53H58N2OS. The molecule has 0 amide bonds. The smallest absolute Gasteiger partial charge is 0.126 e. The maximum Gasteiger partial charge on any atom is 0.126 e. The Morgan fingerprint density at radius 2 is 1.30 bits per heavy atom. The number of thiazole rings is 1. The van der Waals surface area contributed by atoms with E-state index < -0.39 is 0 Å². The first kappa shape index (κ1) is 40.1. The van der Waals surface area contributed by atoms with Gasteiger partial charge in [-0.05, 0) is 115 Å². The van der Waals surface area contributed by atoms with Crippen molar-refractivity contribution in [2.45, 2.75) is 112 Å². The van der Waals surface area contributed by atoms with Crippen molar-refractivity contribution in [2.24, 2.45) is 4.99 Å². The molecule has 0 radical (unpaired) electrons. The molecule has 0 aliphatic carbocycles. The lowest BCUT2D eigenvalue weighted by Gasteiger charge is -2.24. The average molecular weight is 771 g/mol. The summed E-state index contributed by atoms with van der Waals surface area (Å²) < 4.78 is 1.16. The third kappa shape index (κ3) is 8.07. The van der Waals surface area contributed by atoms with Gasteiger partial charge < -0.3 is 5.11 Å². The molecule has 57 heavy (non-hydrogen) atoms. The van der Waals surface area contributed by atoms with Crippen LogP contribution in [0.1, 0.15) is 134 Å². The Kier molecular flexibility index (Phi) is 10.8. The third-order valence-corrected chi connectivity index (χ3v) is 12.3. The van der Waals surface area contributed by atoms with Gasteiger partial charge in [0.25, 0.3) is 0 Å². The minimum atomic E-state index is -0.0605. The van der Waals surface area contributed by atoms with Crippen molar-refractivity contribution in [3.8, 4) is 38.6 Å². The summed E-state index contributed by atoms with van der Waals surface area (Å²) in [5.41, 5.74) is 15.0. The minimum absolute atomic E-state index is 0.0587. The monoisotopic (exact) mass is 770 g/mol. The van der Waals surface area contributed by atoms with Gasteiger partial charge in [-0.25, -0.2) is 4.98 Å². The van der Waals surface area contributed by atoms with E-state index in [2.05, 4.69) is 168 Å². The van der Waals surface area contributed by atoms with E-state index in [0.717, 1.165) is 48.4 Å². The molecule has 7 aromatic rings. The molecule has 0 spiro atoms. The van der Waals surface area contributed by atoms with Crippen molar-refractivity contribution < 1.29 is 5.11 Å². The molecule has 0 saturated heterocycles. The molecule has 0 bridgehead atoms. The van der Waals surface area contributed by atoms with Crippen LogP contribution >= 0.6 is 11.3 Å². The quantitative estimate of drug-likeness (QED) is 0.156. The molecular weight excluding hydrogens is 713 g/mol. The molecule has 0 saturated carbocycles. The van der Waals surface area contributed by atoms with Crippen molar-refractivity contribution in [1.29, 1.82) is 0 Å². The summed E-state index contributed by atoms with van der Waals surface area (Å²) in [6, 6.07) is 37.3. The van der Waals surface area contributed by atoms with Crippen LogP contribution in [-0.4, -0.2) is 16.3 Å². The molecule has 7 rings (SSSR count). The van der Waals surface area contributed by atoms with Gasteiger partial charge in [-0.2, -0.15) is 0 Å². The van der Waals surface area contributed by atoms with Crippen LogP contribution in [0.25, 0.3) is 53.8 Å². The highest BCUT2D eigenvalue weighted by Crippen LogP contribution is 2.45. The zero-order chi connectivity index (χ0) is 41.0. The fraction of sp³-hybridized carbons (Fsp3) is 0.321. The standard InChI is InChI=1S/C53H58N2OS/c1-31(2)37-26-43(32(3)4)48(44(27-37)33(5)6)36-18-15-17-35(24-36)45-28-40(53(10,11)12)29-47-50(45)55-51(57-47)42-22-20-34-16-13-14-19-41(34)49(42)54-30-38-25-39(52(7,8)9)21-23-46(38)56/h13-33,56H,1-12H3. The molecule has 6 aromatic carbocycles. The van der Waals surface area contributed by atoms with E-state index in [9.17, 15) is 5.11 Å². The number of aromatic hydroxyl groups is 1. The Morgan fingerprint density at radius 3 is 1.95 bits per heavy atom. The van der Waals surface area contributed by atoms with Crippen molar-refractivity contribution >= 4 is 44.2 Å². The highest BCUT2D eigenvalue weighted by molar-refractivity contribution is 7.21. The molecule has 4 heteroatoms. The number of aliphatic imine (C=N–C) groups is 1. The van der Waals surface area contributed by atoms with Gasteiger partial charge in [0.05, 0.1) is 15.9 Å². The molecule has 0 unspecified atom stereocenters. The second-order valence-corrected chi connectivity index (χ2v) is 19.8. The number of hydrogen-bond acceptors (Lipinski definition) is 4. The first-order chi connectivity index (χ1) is 26.9. The summed E-state index contributed by atoms with van der Waals surface area (Å²) in [4.78, 5) is 10.7. The molecule has 1 heterocycles. The lowest BCUT2D eigenvalue weighted by atomic mass is 9.81. The fourth-order valence-corrected chi connectivity index (χ4v) is 8.81. The number of hydrogen-bond donors (Lipinski definition) is 1. The van der Waals surface area contributed by atoms with Crippen molar-refractivity contribution in [3.63, 3.8) is 0 Å². The molecule has 1 N–H and O–H groups in total. The predicted octanol–water partition coefficient (Wildman–Crippen LogP) is 15.9. The van der Waals surface area contributed by atoms with E-state index in [1.165, 1.54) is 38.9 Å². The second-order valence-electron chi connectivity index (χ2n) is 18.7. The van der Waals surface area contributed by atoms with Crippen LogP contribution < -0.4 is 0 Å². The van der Waals surface area contributed by atoms with Crippen LogP contribution in [0, 0.1) is 0 Å². The van der Waals surface area contributed by atoms with Gasteiger partial charge in [-0.1, -0.05) is 150 Å². The number of benzene rings is 6. The van der Waals surface area contributed by atoms with Crippen LogP contribution in [0.4, 0.5) is 5.69 Å². The van der Waals surface area contributed by atoms with E-state index >= 15 is 0 Å². The van der Waals surface area contributed by atoms with E-state index in [4.69, 9.17) is 9.98 Å². The zero-order valence-electron chi connectivity index (χ0n) is 35.9. The highest BCUT2D eigenvalue weighted by atomic mass is 32.1. The summed E-state index contributed by atoms with van der Waals surface area (Å²) in [5.74, 6) is 1.46. The number of aromatic nitrogens is 1. The van der Waals surface area contributed by atoms with Crippen molar-refractivity contribution in [3.05, 3.63) is 137 Å². The van der Waals surface area contributed by atoms with E-state index in [0.29, 0.717) is 23.3 Å². The highest BCUT2D eigenvalue weighted by Gasteiger charge is 2.23. The normalized spacial score (nSPS) is 12.7. The van der Waals surface area contributed by atoms with Gasteiger partial charge in [-0.15, -0.1) is 11.3 Å². The maximum absolute atomic E-state index is 10.9. The topological polar surface area (TPSA) is 45.5 Å². The number of rotatable bonds is 8. The number of nitrogens with zero attached hydrogens (tertiary/aromatic N) is 2. The third-order valence-electron chi connectivity index (χ3n) is 11.3. The minimum Gasteiger partial charge on any atom is -0.507 e. The molecule has 0 atom stereocenters. The van der Waals surface area contributed by atoms with Crippen LogP contribution in [0.2, 0.25) is 0 Å². The average Bonchev–Trinajstić information content (AvgIpc) is 3.60. The van der Waals surface area contributed by atoms with E-state index in [1.54, 1.807) is 17.4 Å². The van der Waals surface area contributed by atoms with Gasteiger partial charge in [0.1, 0.15) is 10.8 Å². The number of phenols is 1. The summed E-state index contributed by atoms with van der Waals surface area (Å²) in [6.45, 7) is 27.3. The van der Waals surface area contributed by atoms with Gasteiger partial charge >= 0.3 is 0 Å². The summed E-state index contributed by atoms with van der Waals surface area (Å²) in [6.07, 6.45) is 1.81. The predicted molar refractivity (Wildman–Crippen MR) is 248 cm³/mol. The Hall–Kier alpha value is -5.06. The van der Waals surface area contributed by atoms with Gasteiger partial charge in [0, 0.05) is 28.3 Å². The van der Waals surface area contributed by atoms with Crippen molar-refractivity contribution in [1.82, 2.24) is 4.98 Å². The second kappa shape index (κ2) is 15.4. The number of phenolic OH excluding ortho intramolecular Hbond substituents is 1. The van der Waals surface area contributed by atoms with Crippen LogP contribution in [-0.2, 0) is 10.8 Å². The van der Waals surface area contributed by atoms with E-state index in [-0.39, 0.29) is 16.6 Å². The first-order valence-corrected chi connectivity index (χ1v) is 21.4. The Bertz CT molecular complexity index is 2610. The zero-order valence-corrected chi connectivity index (χ0v) is 36.7. The van der Waals surface area contributed by atoms with Gasteiger partial charge in [-0.3, -0.25) is 4.99 Å². The molecule has 3 nitrogen and oxygen atoms in total. The van der Waals surface area contributed by atoms with Crippen molar-refractivity contribution in [2.75, 3.05) is 0 Å². The Labute approximate surface area is 344 Å². The number of fused-ring (bicyclic) bond motifs is 2. The van der Waals surface area contributed by atoms with Crippen LogP contribution in [0.15, 0.2) is 108 Å². The largest absolute Gasteiger partial charge is 0.507 e. The molecule has 0 fully saturated rings. The SMILES string of the molecule is CC(C)c1cc(C(C)C)c(-c2cccc(-c3cc(C(C)(C)C)cc4sc(-c5ccc6ccccc6c5N=Cc5cc(C(C)(C)C)ccc5O)nc34)c2)c(C(C)C)c1. The fourth-order valence-electron chi connectivity index (χ4n) is 7.75. The molecule has 0 aliphatic heterocycles. The van der Waals surface area contributed by atoms with Crippen LogP contribution in [0.3, 0.4) is 0 Å².